The van der Waals surface area contributed by atoms with Crippen LogP contribution < -0.4 is 10.6 Å². The fourth-order valence-corrected chi connectivity index (χ4v) is 1.40. The van der Waals surface area contributed by atoms with Crippen molar-refractivity contribution in [1.29, 1.82) is 0 Å². The zero-order chi connectivity index (χ0) is 10.6. The molecular formula is C10H20N2O2. The molecule has 0 radical (unpaired) electrons. The van der Waals surface area contributed by atoms with Crippen molar-refractivity contribution in [2.75, 3.05) is 13.2 Å². The maximum absolute atomic E-state index is 11.5. The summed E-state index contributed by atoms with van der Waals surface area (Å²) in [7, 11) is 0. The van der Waals surface area contributed by atoms with Gasteiger partial charge in [0.25, 0.3) is 0 Å². The van der Waals surface area contributed by atoms with Crippen LogP contribution in [-0.4, -0.2) is 30.8 Å². The molecule has 0 aromatic carbocycles. The number of amides is 2. The van der Waals surface area contributed by atoms with Crippen molar-refractivity contribution in [3.63, 3.8) is 0 Å². The van der Waals surface area contributed by atoms with Crippen LogP contribution in [0.4, 0.5) is 4.79 Å². The summed E-state index contributed by atoms with van der Waals surface area (Å²) in [5.74, 6) is 0. The van der Waals surface area contributed by atoms with E-state index in [4.69, 9.17) is 4.74 Å². The third kappa shape index (κ3) is 4.46. The molecule has 1 aliphatic heterocycles. The second kappa shape index (κ2) is 4.64. The van der Waals surface area contributed by atoms with Gasteiger partial charge in [0.15, 0.2) is 0 Å². The molecule has 2 amide bonds. The average Bonchev–Trinajstić information content (AvgIpc) is 2.02. The number of nitrogens with one attached hydrogen (secondary N) is 2. The molecule has 1 heterocycles. The van der Waals surface area contributed by atoms with Crippen LogP contribution >= 0.6 is 0 Å². The molecule has 0 unspecified atom stereocenters. The van der Waals surface area contributed by atoms with E-state index in [1.54, 1.807) is 0 Å². The summed E-state index contributed by atoms with van der Waals surface area (Å²) in [4.78, 5) is 11.5. The highest BCUT2D eigenvalue weighted by atomic mass is 16.5. The molecule has 0 aromatic heterocycles. The van der Waals surface area contributed by atoms with Gasteiger partial charge in [-0.15, -0.1) is 0 Å². The van der Waals surface area contributed by atoms with Gasteiger partial charge in [-0.05, 0) is 33.6 Å². The number of hydrogen-bond donors (Lipinski definition) is 2. The van der Waals surface area contributed by atoms with Crippen molar-refractivity contribution < 1.29 is 9.53 Å². The Bertz CT molecular complexity index is 193. The van der Waals surface area contributed by atoms with E-state index in [1.807, 2.05) is 20.8 Å². The van der Waals surface area contributed by atoms with E-state index in [9.17, 15) is 4.79 Å². The Morgan fingerprint density at radius 1 is 1.29 bits per heavy atom. The number of carbonyl (C=O) groups is 1. The molecule has 1 aliphatic rings. The largest absolute Gasteiger partial charge is 0.381 e. The van der Waals surface area contributed by atoms with Gasteiger partial charge in [-0.1, -0.05) is 0 Å². The van der Waals surface area contributed by atoms with Gasteiger partial charge < -0.3 is 15.4 Å². The number of urea groups is 1. The number of ether oxygens (including phenoxy) is 1. The topological polar surface area (TPSA) is 50.4 Å². The Kier molecular flexibility index (Phi) is 3.75. The molecule has 0 spiro atoms. The monoisotopic (exact) mass is 200 g/mol. The van der Waals surface area contributed by atoms with Crippen molar-refractivity contribution >= 4 is 6.03 Å². The maximum Gasteiger partial charge on any atom is 0.315 e. The Morgan fingerprint density at radius 2 is 1.86 bits per heavy atom. The van der Waals surface area contributed by atoms with Crippen LogP contribution in [0.15, 0.2) is 0 Å². The summed E-state index contributed by atoms with van der Waals surface area (Å²) >= 11 is 0. The number of rotatable bonds is 1. The van der Waals surface area contributed by atoms with E-state index in [-0.39, 0.29) is 17.6 Å². The van der Waals surface area contributed by atoms with E-state index in [2.05, 4.69) is 10.6 Å². The van der Waals surface area contributed by atoms with Gasteiger partial charge in [0.1, 0.15) is 0 Å². The van der Waals surface area contributed by atoms with E-state index in [0.717, 1.165) is 26.1 Å². The normalized spacial score (nSPS) is 19.1. The Hall–Kier alpha value is -0.770. The van der Waals surface area contributed by atoms with Crippen LogP contribution in [0, 0.1) is 0 Å². The van der Waals surface area contributed by atoms with Crippen LogP contribution in [0.25, 0.3) is 0 Å². The summed E-state index contributed by atoms with van der Waals surface area (Å²) in [6, 6.07) is 0.190. The van der Waals surface area contributed by atoms with E-state index >= 15 is 0 Å². The molecule has 1 fully saturated rings. The van der Waals surface area contributed by atoms with Crippen molar-refractivity contribution in [2.24, 2.45) is 0 Å². The molecule has 0 aliphatic carbocycles. The van der Waals surface area contributed by atoms with Gasteiger partial charge in [-0.2, -0.15) is 0 Å². The van der Waals surface area contributed by atoms with Gasteiger partial charge in [0.05, 0.1) is 0 Å². The summed E-state index contributed by atoms with van der Waals surface area (Å²) in [5.41, 5.74) is -0.171. The van der Waals surface area contributed by atoms with Crippen molar-refractivity contribution in [3.8, 4) is 0 Å². The van der Waals surface area contributed by atoms with E-state index < -0.39 is 0 Å². The predicted octanol–water partition coefficient (Wildman–Crippen LogP) is 1.26. The van der Waals surface area contributed by atoms with Gasteiger partial charge in [-0.3, -0.25) is 0 Å². The molecule has 4 heteroatoms. The molecule has 14 heavy (non-hydrogen) atoms. The first kappa shape index (κ1) is 11.3. The van der Waals surface area contributed by atoms with Crippen LogP contribution in [0.5, 0.6) is 0 Å². The molecule has 0 saturated carbocycles. The van der Waals surface area contributed by atoms with Gasteiger partial charge >= 0.3 is 6.03 Å². The minimum atomic E-state index is -0.171. The highest BCUT2D eigenvalue weighted by Crippen LogP contribution is 2.06. The van der Waals surface area contributed by atoms with E-state index in [0.29, 0.717) is 0 Å². The molecule has 1 rings (SSSR count). The zero-order valence-electron chi connectivity index (χ0n) is 9.22. The summed E-state index contributed by atoms with van der Waals surface area (Å²) in [6.07, 6.45) is 1.83. The van der Waals surface area contributed by atoms with Crippen molar-refractivity contribution in [2.45, 2.75) is 45.2 Å². The van der Waals surface area contributed by atoms with Crippen LogP contribution in [0.2, 0.25) is 0 Å². The highest BCUT2D eigenvalue weighted by molar-refractivity contribution is 5.74. The third-order valence-corrected chi connectivity index (χ3v) is 2.05. The fourth-order valence-electron chi connectivity index (χ4n) is 1.40. The Balaban J connectivity index is 2.25. The number of hydrogen-bond acceptors (Lipinski definition) is 2. The molecule has 2 N–H and O–H groups in total. The van der Waals surface area contributed by atoms with Crippen molar-refractivity contribution in [3.05, 3.63) is 0 Å². The molecular weight excluding hydrogens is 180 g/mol. The zero-order valence-corrected chi connectivity index (χ0v) is 9.22. The predicted molar refractivity (Wildman–Crippen MR) is 55.3 cm³/mol. The first-order valence-electron chi connectivity index (χ1n) is 5.14. The summed E-state index contributed by atoms with van der Waals surface area (Å²) < 4.78 is 5.21. The SMILES string of the molecule is CC(C)(C)NC(=O)NC1CCOCC1. The molecule has 0 bridgehead atoms. The third-order valence-electron chi connectivity index (χ3n) is 2.05. The molecule has 4 nitrogen and oxygen atoms in total. The minimum Gasteiger partial charge on any atom is -0.381 e. The maximum atomic E-state index is 11.5. The lowest BCUT2D eigenvalue weighted by Crippen LogP contribution is -2.50. The molecule has 0 atom stereocenters. The Labute approximate surface area is 85.4 Å². The Morgan fingerprint density at radius 3 is 2.36 bits per heavy atom. The van der Waals surface area contributed by atoms with Crippen LogP contribution in [0.1, 0.15) is 33.6 Å². The minimum absolute atomic E-state index is 0.0793. The van der Waals surface area contributed by atoms with Gasteiger partial charge in [0, 0.05) is 24.8 Å². The second-order valence-electron chi connectivity index (χ2n) is 4.74. The smallest absolute Gasteiger partial charge is 0.315 e. The van der Waals surface area contributed by atoms with Gasteiger partial charge in [-0.25, -0.2) is 4.79 Å². The van der Waals surface area contributed by atoms with Gasteiger partial charge in [0.2, 0.25) is 0 Å². The summed E-state index contributed by atoms with van der Waals surface area (Å²) in [6.45, 7) is 7.41. The van der Waals surface area contributed by atoms with Crippen LogP contribution in [0.3, 0.4) is 0 Å². The first-order chi connectivity index (χ1) is 6.47. The van der Waals surface area contributed by atoms with Crippen molar-refractivity contribution in [1.82, 2.24) is 10.6 Å². The van der Waals surface area contributed by atoms with E-state index in [1.165, 1.54) is 0 Å². The fraction of sp³-hybridized carbons (Fsp3) is 0.900. The molecule has 82 valence electrons. The van der Waals surface area contributed by atoms with Crippen LogP contribution in [-0.2, 0) is 4.74 Å². The lowest BCUT2D eigenvalue weighted by Gasteiger charge is -2.26. The molecule has 0 aromatic rings. The average molecular weight is 200 g/mol. The lowest BCUT2D eigenvalue weighted by molar-refractivity contribution is 0.0798. The summed E-state index contributed by atoms with van der Waals surface area (Å²) in [5, 5.41) is 5.82. The lowest BCUT2D eigenvalue weighted by atomic mass is 10.1. The quantitative estimate of drug-likeness (QED) is 0.669. The molecule has 1 saturated heterocycles. The highest BCUT2D eigenvalue weighted by Gasteiger charge is 2.18. The number of carbonyl (C=O) groups excluding carboxylic acids is 1. The standard InChI is InChI=1S/C10H20N2O2/c1-10(2,3)12-9(13)11-8-4-6-14-7-5-8/h8H,4-7H2,1-3H3,(H2,11,12,13). The second-order valence-corrected chi connectivity index (χ2v) is 4.74. The first-order valence-corrected chi connectivity index (χ1v) is 5.14.